The molecule has 2 rings (SSSR count). The van der Waals surface area contributed by atoms with Crippen LogP contribution in [0.1, 0.15) is 34.3 Å². The van der Waals surface area contributed by atoms with Gasteiger partial charge < -0.3 is 10.4 Å². The number of carbonyl (C=O) groups is 1. The van der Waals surface area contributed by atoms with Crippen LogP contribution >= 0.6 is 11.3 Å². The van der Waals surface area contributed by atoms with E-state index < -0.39 is 5.97 Å². The first-order chi connectivity index (χ1) is 7.16. The summed E-state index contributed by atoms with van der Waals surface area (Å²) in [5, 5.41) is 12.2. The van der Waals surface area contributed by atoms with Crippen molar-refractivity contribution in [3.05, 3.63) is 21.9 Å². The van der Waals surface area contributed by atoms with Crippen molar-refractivity contribution in [2.75, 3.05) is 0 Å². The highest BCUT2D eigenvalue weighted by Crippen LogP contribution is 2.32. The number of hydrogen-bond donors (Lipinski definition) is 2. The molecule has 1 heterocycles. The van der Waals surface area contributed by atoms with Crippen molar-refractivity contribution in [1.82, 2.24) is 5.32 Å². The molecule has 0 saturated heterocycles. The van der Waals surface area contributed by atoms with Gasteiger partial charge in [-0.15, -0.1) is 11.3 Å². The van der Waals surface area contributed by atoms with Crippen LogP contribution in [0.5, 0.6) is 0 Å². The second-order valence-corrected chi connectivity index (χ2v) is 5.25. The van der Waals surface area contributed by atoms with E-state index in [9.17, 15) is 4.79 Å². The van der Waals surface area contributed by atoms with Crippen LogP contribution in [0.25, 0.3) is 0 Å². The summed E-state index contributed by atoms with van der Waals surface area (Å²) >= 11 is 1.35. The molecule has 0 spiro atoms. The maximum absolute atomic E-state index is 10.7. The summed E-state index contributed by atoms with van der Waals surface area (Å²) in [6.45, 7) is 2.99. The number of aromatic carboxylic acids is 1. The molecule has 0 bridgehead atoms. The first-order valence-electron chi connectivity index (χ1n) is 5.22. The van der Waals surface area contributed by atoms with Gasteiger partial charge in [0.1, 0.15) is 4.88 Å². The molecule has 1 atom stereocenters. The summed E-state index contributed by atoms with van der Waals surface area (Å²) in [6, 6.07) is 4.12. The Balaban J connectivity index is 1.84. The van der Waals surface area contributed by atoms with E-state index in [1.165, 1.54) is 24.2 Å². The van der Waals surface area contributed by atoms with E-state index in [4.69, 9.17) is 5.11 Å². The zero-order valence-electron chi connectivity index (χ0n) is 8.69. The summed E-state index contributed by atoms with van der Waals surface area (Å²) in [5.41, 5.74) is 0. The van der Waals surface area contributed by atoms with E-state index in [0.29, 0.717) is 10.9 Å². The molecule has 0 aromatic carbocycles. The van der Waals surface area contributed by atoms with Gasteiger partial charge in [0.05, 0.1) is 0 Å². The molecule has 1 unspecified atom stereocenters. The molecule has 0 aliphatic heterocycles. The first-order valence-corrected chi connectivity index (χ1v) is 6.04. The van der Waals surface area contributed by atoms with Gasteiger partial charge in [-0.1, -0.05) is 0 Å². The van der Waals surface area contributed by atoms with E-state index in [1.54, 1.807) is 6.07 Å². The van der Waals surface area contributed by atoms with Crippen LogP contribution in [-0.2, 0) is 6.54 Å². The minimum Gasteiger partial charge on any atom is -0.477 e. The molecule has 1 fully saturated rings. The number of thiophene rings is 1. The predicted molar refractivity (Wildman–Crippen MR) is 60.3 cm³/mol. The molecule has 3 nitrogen and oxygen atoms in total. The molecular weight excluding hydrogens is 210 g/mol. The van der Waals surface area contributed by atoms with Crippen molar-refractivity contribution < 1.29 is 9.90 Å². The monoisotopic (exact) mass is 225 g/mol. The van der Waals surface area contributed by atoms with Gasteiger partial charge in [-0.3, -0.25) is 0 Å². The van der Waals surface area contributed by atoms with Crippen LogP contribution in [0.3, 0.4) is 0 Å². The number of carboxylic acid groups (broad SMARTS) is 1. The average Bonchev–Trinajstić information content (AvgIpc) is 2.93. The number of hydrogen-bond acceptors (Lipinski definition) is 3. The molecule has 2 N–H and O–H groups in total. The lowest BCUT2D eigenvalue weighted by molar-refractivity contribution is 0.0702. The highest BCUT2D eigenvalue weighted by atomic mass is 32.1. The first kappa shape index (κ1) is 10.6. The van der Waals surface area contributed by atoms with Crippen molar-refractivity contribution in [1.29, 1.82) is 0 Å². The van der Waals surface area contributed by atoms with Crippen molar-refractivity contribution in [3.63, 3.8) is 0 Å². The lowest BCUT2D eigenvalue weighted by atomic mass is 10.2. The van der Waals surface area contributed by atoms with Crippen LogP contribution < -0.4 is 5.32 Å². The molecule has 1 saturated carbocycles. The van der Waals surface area contributed by atoms with E-state index >= 15 is 0 Å². The maximum Gasteiger partial charge on any atom is 0.345 e. The molecule has 0 radical (unpaired) electrons. The van der Waals surface area contributed by atoms with Gasteiger partial charge in [0.15, 0.2) is 0 Å². The van der Waals surface area contributed by atoms with Crippen molar-refractivity contribution in [3.8, 4) is 0 Å². The summed E-state index contributed by atoms with van der Waals surface area (Å²) < 4.78 is 0. The summed E-state index contributed by atoms with van der Waals surface area (Å²) in [6.07, 6.45) is 2.66. The number of carboxylic acids is 1. The molecule has 1 aromatic heterocycles. The molecule has 15 heavy (non-hydrogen) atoms. The third kappa shape index (κ3) is 2.79. The smallest absolute Gasteiger partial charge is 0.345 e. The molecule has 4 heteroatoms. The third-order valence-corrected chi connectivity index (χ3v) is 3.87. The van der Waals surface area contributed by atoms with Crippen molar-refractivity contribution in [2.45, 2.75) is 32.4 Å². The summed E-state index contributed by atoms with van der Waals surface area (Å²) in [4.78, 5) is 12.2. The van der Waals surface area contributed by atoms with Crippen LogP contribution in [-0.4, -0.2) is 17.1 Å². The van der Waals surface area contributed by atoms with Gasteiger partial charge >= 0.3 is 5.97 Å². The van der Waals surface area contributed by atoms with Gasteiger partial charge in [-0.05, 0) is 37.8 Å². The SMILES string of the molecule is CC(NCc1ccc(C(=O)O)s1)C1CC1. The second kappa shape index (κ2) is 4.33. The average molecular weight is 225 g/mol. The topological polar surface area (TPSA) is 49.3 Å². The molecular formula is C11H15NO2S. The minimum atomic E-state index is -0.832. The second-order valence-electron chi connectivity index (χ2n) is 4.08. The Morgan fingerprint density at radius 3 is 2.93 bits per heavy atom. The van der Waals surface area contributed by atoms with E-state index in [2.05, 4.69) is 12.2 Å². The molecule has 1 aliphatic carbocycles. The zero-order chi connectivity index (χ0) is 10.8. The van der Waals surface area contributed by atoms with Crippen LogP contribution in [0.4, 0.5) is 0 Å². The standard InChI is InChI=1S/C11H15NO2S/c1-7(8-2-3-8)12-6-9-4-5-10(15-9)11(13)14/h4-5,7-8,12H,2-3,6H2,1H3,(H,13,14). The number of nitrogens with one attached hydrogen (secondary N) is 1. The minimum absolute atomic E-state index is 0.422. The van der Waals surface area contributed by atoms with E-state index in [0.717, 1.165) is 17.3 Å². The fraction of sp³-hybridized carbons (Fsp3) is 0.545. The lowest BCUT2D eigenvalue weighted by Gasteiger charge is -2.10. The summed E-state index contributed by atoms with van der Waals surface area (Å²) in [5.74, 6) is 0.00500. The van der Waals surface area contributed by atoms with Gasteiger partial charge in [0.2, 0.25) is 0 Å². The van der Waals surface area contributed by atoms with Gasteiger partial charge in [0.25, 0.3) is 0 Å². The normalized spacial score (nSPS) is 17.7. The highest BCUT2D eigenvalue weighted by molar-refractivity contribution is 7.13. The van der Waals surface area contributed by atoms with E-state index in [-0.39, 0.29) is 0 Å². The Morgan fingerprint density at radius 1 is 1.67 bits per heavy atom. The summed E-state index contributed by atoms with van der Waals surface area (Å²) in [7, 11) is 0. The third-order valence-electron chi connectivity index (χ3n) is 2.80. The van der Waals surface area contributed by atoms with Gasteiger partial charge in [-0.25, -0.2) is 4.79 Å². The Hall–Kier alpha value is -0.870. The largest absolute Gasteiger partial charge is 0.477 e. The lowest BCUT2D eigenvalue weighted by Crippen LogP contribution is -2.26. The van der Waals surface area contributed by atoms with Gasteiger partial charge in [-0.2, -0.15) is 0 Å². The Labute approximate surface area is 93.1 Å². The fourth-order valence-electron chi connectivity index (χ4n) is 1.61. The highest BCUT2D eigenvalue weighted by Gasteiger charge is 2.27. The van der Waals surface area contributed by atoms with E-state index in [1.807, 2.05) is 6.07 Å². The number of rotatable bonds is 5. The predicted octanol–water partition coefficient (Wildman–Crippen LogP) is 2.33. The van der Waals surface area contributed by atoms with Crippen molar-refractivity contribution >= 4 is 17.3 Å². The maximum atomic E-state index is 10.7. The molecule has 1 aromatic rings. The molecule has 1 aliphatic rings. The Kier molecular flexibility index (Phi) is 3.07. The van der Waals surface area contributed by atoms with Crippen molar-refractivity contribution in [2.24, 2.45) is 5.92 Å². The van der Waals surface area contributed by atoms with Crippen LogP contribution in [0, 0.1) is 5.92 Å². The van der Waals surface area contributed by atoms with Gasteiger partial charge in [0, 0.05) is 17.5 Å². The Bertz CT molecular complexity index is 357. The quantitative estimate of drug-likeness (QED) is 0.808. The van der Waals surface area contributed by atoms with Crippen LogP contribution in [0.2, 0.25) is 0 Å². The molecule has 82 valence electrons. The molecule has 0 amide bonds. The van der Waals surface area contributed by atoms with Crippen LogP contribution in [0.15, 0.2) is 12.1 Å². The zero-order valence-corrected chi connectivity index (χ0v) is 9.51. The Morgan fingerprint density at radius 2 is 2.40 bits per heavy atom. The fourth-order valence-corrected chi connectivity index (χ4v) is 2.41.